The summed E-state index contributed by atoms with van der Waals surface area (Å²) >= 11 is 3.45. The zero-order valence-corrected chi connectivity index (χ0v) is 15.4. The van der Waals surface area contributed by atoms with Crippen molar-refractivity contribution in [2.24, 2.45) is 0 Å². The second kappa shape index (κ2) is 7.43. The summed E-state index contributed by atoms with van der Waals surface area (Å²) in [5.41, 5.74) is 4.55. The summed E-state index contributed by atoms with van der Waals surface area (Å²) < 4.78 is 2.58. The van der Waals surface area contributed by atoms with Crippen molar-refractivity contribution in [1.29, 1.82) is 0 Å². The average Bonchev–Trinajstić information content (AvgIpc) is 3.12. The van der Waals surface area contributed by atoms with E-state index in [4.69, 9.17) is 0 Å². The highest BCUT2D eigenvalue weighted by Crippen LogP contribution is 2.21. The molecule has 2 N–H and O–H groups in total. The van der Waals surface area contributed by atoms with E-state index in [1.54, 1.807) is 4.68 Å². The van der Waals surface area contributed by atoms with Crippen molar-refractivity contribution < 1.29 is 4.79 Å². The van der Waals surface area contributed by atoms with Crippen LogP contribution < -0.4 is 10.6 Å². The van der Waals surface area contributed by atoms with Gasteiger partial charge in [0.2, 0.25) is 5.91 Å². The molecule has 0 atom stereocenters. The molecular formula is C17H17BrN6O. The molecule has 2 aromatic carbocycles. The first-order valence-electron chi connectivity index (χ1n) is 7.67. The van der Waals surface area contributed by atoms with Gasteiger partial charge in [-0.05, 0) is 65.7 Å². The monoisotopic (exact) mass is 400 g/mol. The van der Waals surface area contributed by atoms with E-state index in [0.29, 0.717) is 0 Å². The Hall–Kier alpha value is -2.74. The maximum atomic E-state index is 12.2. The number of nitrogens with zero attached hydrogens (tertiary/aromatic N) is 4. The van der Waals surface area contributed by atoms with Crippen molar-refractivity contribution in [1.82, 2.24) is 20.2 Å². The summed E-state index contributed by atoms with van der Waals surface area (Å²) in [5, 5.41) is 17.2. The van der Waals surface area contributed by atoms with Crippen molar-refractivity contribution in [3.8, 4) is 5.69 Å². The van der Waals surface area contributed by atoms with E-state index in [-0.39, 0.29) is 12.5 Å². The van der Waals surface area contributed by atoms with Crippen molar-refractivity contribution >= 4 is 33.2 Å². The molecule has 1 amide bonds. The third kappa shape index (κ3) is 4.21. The summed E-state index contributed by atoms with van der Waals surface area (Å²) in [4.78, 5) is 12.2. The summed E-state index contributed by atoms with van der Waals surface area (Å²) in [7, 11) is 0. The SMILES string of the molecule is Cc1cc(NC(=O)CNc2cc(-n3cnnn3)ccc2C)ccc1Br. The molecular weight excluding hydrogens is 384 g/mol. The number of nitrogens with one attached hydrogen (secondary N) is 2. The molecule has 0 bridgehead atoms. The largest absolute Gasteiger partial charge is 0.376 e. The highest BCUT2D eigenvalue weighted by Gasteiger charge is 2.07. The number of carbonyl (C=O) groups is 1. The standard InChI is InChI=1S/C17H17BrN6O/c1-11-3-5-14(24-10-20-22-23-24)8-16(11)19-9-17(25)21-13-4-6-15(18)12(2)7-13/h3-8,10,19H,9H2,1-2H3,(H,21,25). The number of aromatic nitrogens is 4. The van der Waals surface area contributed by atoms with Crippen molar-refractivity contribution in [2.45, 2.75) is 13.8 Å². The Morgan fingerprint density at radius 3 is 2.72 bits per heavy atom. The maximum Gasteiger partial charge on any atom is 0.243 e. The average molecular weight is 401 g/mol. The fraction of sp³-hybridized carbons (Fsp3) is 0.176. The van der Waals surface area contributed by atoms with Crippen LogP contribution in [0.2, 0.25) is 0 Å². The third-order valence-electron chi connectivity index (χ3n) is 3.72. The number of tetrazole rings is 1. The normalized spacial score (nSPS) is 10.5. The molecule has 25 heavy (non-hydrogen) atoms. The van der Waals surface area contributed by atoms with Gasteiger partial charge in [0.25, 0.3) is 0 Å². The van der Waals surface area contributed by atoms with Gasteiger partial charge in [-0.25, -0.2) is 4.68 Å². The third-order valence-corrected chi connectivity index (χ3v) is 4.61. The predicted molar refractivity (Wildman–Crippen MR) is 99.9 cm³/mol. The van der Waals surface area contributed by atoms with Crippen molar-refractivity contribution in [2.75, 3.05) is 17.2 Å². The van der Waals surface area contributed by atoms with Gasteiger partial charge in [-0.3, -0.25) is 4.79 Å². The van der Waals surface area contributed by atoms with Crippen LogP contribution in [0.4, 0.5) is 11.4 Å². The van der Waals surface area contributed by atoms with Gasteiger partial charge < -0.3 is 10.6 Å². The van der Waals surface area contributed by atoms with E-state index in [1.807, 2.05) is 50.2 Å². The lowest BCUT2D eigenvalue weighted by Crippen LogP contribution is -2.22. The van der Waals surface area contributed by atoms with Crippen LogP contribution in [0.25, 0.3) is 5.69 Å². The van der Waals surface area contributed by atoms with Gasteiger partial charge in [0.15, 0.2) is 0 Å². The zero-order valence-electron chi connectivity index (χ0n) is 13.8. The van der Waals surface area contributed by atoms with Crippen LogP contribution in [-0.4, -0.2) is 32.7 Å². The first-order valence-corrected chi connectivity index (χ1v) is 8.46. The topological polar surface area (TPSA) is 84.7 Å². The van der Waals surface area contributed by atoms with Crippen molar-refractivity contribution in [3.63, 3.8) is 0 Å². The number of halogens is 1. The molecule has 0 spiro atoms. The predicted octanol–water partition coefficient (Wildman–Crippen LogP) is 3.09. The number of rotatable bonds is 5. The number of carbonyl (C=O) groups excluding carboxylic acids is 1. The van der Waals surface area contributed by atoms with Gasteiger partial charge in [0.1, 0.15) is 6.33 Å². The number of amides is 1. The number of anilines is 2. The first-order chi connectivity index (χ1) is 12.0. The van der Waals surface area contributed by atoms with Crippen LogP contribution in [-0.2, 0) is 4.79 Å². The summed E-state index contributed by atoms with van der Waals surface area (Å²) in [6.07, 6.45) is 1.52. The molecule has 0 fully saturated rings. The van der Waals surface area contributed by atoms with E-state index in [9.17, 15) is 4.79 Å². The summed E-state index contributed by atoms with van der Waals surface area (Å²) in [5.74, 6) is -0.117. The quantitative estimate of drug-likeness (QED) is 0.687. The number of hydrogen-bond donors (Lipinski definition) is 2. The van der Waals surface area contributed by atoms with E-state index in [1.165, 1.54) is 6.33 Å². The Kier molecular flexibility index (Phi) is 5.08. The van der Waals surface area contributed by atoms with Gasteiger partial charge in [-0.1, -0.05) is 22.0 Å². The Balaban J connectivity index is 1.65. The van der Waals surface area contributed by atoms with Crippen LogP contribution in [0.5, 0.6) is 0 Å². The van der Waals surface area contributed by atoms with Crippen LogP contribution in [0.3, 0.4) is 0 Å². The minimum Gasteiger partial charge on any atom is -0.376 e. The molecule has 128 valence electrons. The lowest BCUT2D eigenvalue weighted by molar-refractivity contribution is -0.114. The van der Waals surface area contributed by atoms with Gasteiger partial charge in [-0.2, -0.15) is 0 Å². The fourth-order valence-corrected chi connectivity index (χ4v) is 2.57. The van der Waals surface area contributed by atoms with E-state index < -0.39 is 0 Å². The molecule has 0 aliphatic rings. The van der Waals surface area contributed by atoms with E-state index in [2.05, 4.69) is 42.1 Å². The Morgan fingerprint density at radius 1 is 1.16 bits per heavy atom. The minimum atomic E-state index is -0.117. The smallest absolute Gasteiger partial charge is 0.243 e. The highest BCUT2D eigenvalue weighted by atomic mass is 79.9. The Bertz CT molecular complexity index is 894. The van der Waals surface area contributed by atoms with E-state index >= 15 is 0 Å². The second-order valence-corrected chi connectivity index (χ2v) is 6.47. The number of hydrogen-bond acceptors (Lipinski definition) is 5. The highest BCUT2D eigenvalue weighted by molar-refractivity contribution is 9.10. The molecule has 7 nitrogen and oxygen atoms in total. The molecule has 3 aromatic rings. The molecule has 3 rings (SSSR count). The van der Waals surface area contributed by atoms with Crippen LogP contribution >= 0.6 is 15.9 Å². The molecule has 8 heteroatoms. The molecule has 1 heterocycles. The van der Waals surface area contributed by atoms with Crippen LogP contribution in [0.1, 0.15) is 11.1 Å². The second-order valence-electron chi connectivity index (χ2n) is 5.62. The van der Waals surface area contributed by atoms with Gasteiger partial charge in [0.05, 0.1) is 12.2 Å². The molecule has 1 aromatic heterocycles. The van der Waals surface area contributed by atoms with Crippen LogP contribution in [0.15, 0.2) is 47.2 Å². The Labute approximate surface area is 153 Å². The van der Waals surface area contributed by atoms with Gasteiger partial charge >= 0.3 is 0 Å². The summed E-state index contributed by atoms with van der Waals surface area (Å²) in [6.45, 7) is 4.11. The van der Waals surface area contributed by atoms with Crippen molar-refractivity contribution in [3.05, 3.63) is 58.3 Å². The van der Waals surface area contributed by atoms with Gasteiger partial charge in [-0.15, -0.1) is 5.10 Å². The molecule has 0 aliphatic heterocycles. The number of benzene rings is 2. The lowest BCUT2D eigenvalue weighted by Gasteiger charge is -2.12. The summed E-state index contributed by atoms with van der Waals surface area (Å²) in [6, 6.07) is 11.5. The molecule has 0 aliphatic carbocycles. The minimum absolute atomic E-state index is 0.117. The molecule has 0 saturated heterocycles. The molecule has 0 saturated carbocycles. The lowest BCUT2D eigenvalue weighted by atomic mass is 10.2. The molecule has 0 radical (unpaired) electrons. The molecule has 0 unspecified atom stereocenters. The fourth-order valence-electron chi connectivity index (χ4n) is 2.33. The first kappa shape index (κ1) is 17.1. The Morgan fingerprint density at radius 2 is 2.00 bits per heavy atom. The van der Waals surface area contributed by atoms with E-state index in [0.717, 1.165) is 32.7 Å². The maximum absolute atomic E-state index is 12.2. The zero-order chi connectivity index (χ0) is 17.8. The number of aryl methyl sites for hydroxylation is 2. The van der Waals surface area contributed by atoms with Gasteiger partial charge in [0, 0.05) is 15.8 Å². The van der Waals surface area contributed by atoms with Crippen LogP contribution in [0, 0.1) is 13.8 Å².